The summed E-state index contributed by atoms with van der Waals surface area (Å²) in [4.78, 5) is 28.6. The molecule has 0 radical (unpaired) electrons. The molecular weight excluding hydrogens is 328 g/mol. The van der Waals surface area contributed by atoms with Gasteiger partial charge in [0.25, 0.3) is 5.91 Å². The molecule has 3 N–H and O–H groups in total. The highest BCUT2D eigenvalue weighted by molar-refractivity contribution is 6.07. The number of benzene rings is 2. The van der Waals surface area contributed by atoms with Crippen LogP contribution < -0.4 is 16.0 Å². The number of urea groups is 1. The molecule has 132 valence electrons. The molecule has 3 aromatic rings. The Labute approximate surface area is 151 Å². The van der Waals surface area contributed by atoms with Crippen molar-refractivity contribution in [2.24, 2.45) is 0 Å². The van der Waals surface area contributed by atoms with Crippen molar-refractivity contribution in [1.29, 1.82) is 0 Å². The first-order chi connectivity index (χ1) is 12.5. The number of hydrogen-bond acceptors (Lipinski definition) is 3. The molecule has 6 nitrogen and oxygen atoms in total. The van der Waals surface area contributed by atoms with Crippen molar-refractivity contribution < 1.29 is 9.59 Å². The van der Waals surface area contributed by atoms with Crippen molar-refractivity contribution in [3.05, 3.63) is 65.4 Å². The maximum atomic E-state index is 12.7. The molecule has 2 aromatic carbocycles. The number of pyridine rings is 1. The molecule has 26 heavy (non-hydrogen) atoms. The minimum absolute atomic E-state index is 0.240. The topological polar surface area (TPSA) is 83.1 Å². The predicted molar refractivity (Wildman–Crippen MR) is 104 cm³/mol. The standard InChI is InChI=1S/C20H20N4O2/c1-12-7-8-18-14(9-12)10-17(13(2)22-18)19(25)23-15-5-4-6-16(11-15)24-20(26)21-3/h4-11H,1-3H3,(H,23,25)(H2,21,24,26). The maximum Gasteiger partial charge on any atom is 0.318 e. The quantitative estimate of drug-likeness (QED) is 0.672. The summed E-state index contributed by atoms with van der Waals surface area (Å²) in [6, 6.07) is 14.5. The van der Waals surface area contributed by atoms with Gasteiger partial charge in [-0.3, -0.25) is 9.78 Å². The highest BCUT2D eigenvalue weighted by Gasteiger charge is 2.12. The van der Waals surface area contributed by atoms with Crippen molar-refractivity contribution in [2.75, 3.05) is 17.7 Å². The molecule has 3 rings (SSSR count). The van der Waals surface area contributed by atoms with Gasteiger partial charge in [-0.05, 0) is 50.2 Å². The number of fused-ring (bicyclic) bond motifs is 1. The Morgan fingerprint density at radius 2 is 1.65 bits per heavy atom. The van der Waals surface area contributed by atoms with Crippen molar-refractivity contribution >= 4 is 34.2 Å². The lowest BCUT2D eigenvalue weighted by atomic mass is 10.1. The highest BCUT2D eigenvalue weighted by Crippen LogP contribution is 2.20. The van der Waals surface area contributed by atoms with Crippen LogP contribution in [0.1, 0.15) is 21.6 Å². The Hall–Kier alpha value is -3.41. The zero-order valence-corrected chi connectivity index (χ0v) is 14.9. The van der Waals surface area contributed by atoms with E-state index in [0.717, 1.165) is 16.5 Å². The summed E-state index contributed by atoms with van der Waals surface area (Å²) in [5, 5.41) is 8.94. The molecule has 0 atom stereocenters. The third-order valence-electron chi connectivity index (χ3n) is 4.01. The number of amides is 3. The average molecular weight is 348 g/mol. The van der Waals surface area contributed by atoms with E-state index in [4.69, 9.17) is 0 Å². The molecule has 0 fully saturated rings. The van der Waals surface area contributed by atoms with E-state index in [-0.39, 0.29) is 11.9 Å². The summed E-state index contributed by atoms with van der Waals surface area (Å²) in [6.07, 6.45) is 0. The Morgan fingerprint density at radius 3 is 2.38 bits per heavy atom. The predicted octanol–water partition coefficient (Wildman–Crippen LogP) is 3.86. The fourth-order valence-electron chi connectivity index (χ4n) is 2.69. The average Bonchev–Trinajstić information content (AvgIpc) is 2.61. The van der Waals surface area contributed by atoms with Gasteiger partial charge in [0.05, 0.1) is 16.8 Å². The highest BCUT2D eigenvalue weighted by atomic mass is 16.2. The van der Waals surface area contributed by atoms with Gasteiger partial charge in [-0.2, -0.15) is 0 Å². The first-order valence-electron chi connectivity index (χ1n) is 8.24. The van der Waals surface area contributed by atoms with Crippen LogP contribution in [0, 0.1) is 13.8 Å². The van der Waals surface area contributed by atoms with Crippen molar-refractivity contribution in [3.8, 4) is 0 Å². The summed E-state index contributed by atoms with van der Waals surface area (Å²) in [6.45, 7) is 3.82. The maximum absolute atomic E-state index is 12.7. The molecule has 0 aliphatic rings. The number of aromatic nitrogens is 1. The zero-order chi connectivity index (χ0) is 18.7. The SMILES string of the molecule is CNC(=O)Nc1cccc(NC(=O)c2cc3cc(C)ccc3nc2C)c1. The fourth-order valence-corrected chi connectivity index (χ4v) is 2.69. The molecule has 1 aromatic heterocycles. The second-order valence-electron chi connectivity index (χ2n) is 6.06. The summed E-state index contributed by atoms with van der Waals surface area (Å²) in [5.41, 5.74) is 4.34. The lowest BCUT2D eigenvalue weighted by Crippen LogP contribution is -2.24. The summed E-state index contributed by atoms with van der Waals surface area (Å²) in [7, 11) is 1.54. The number of aryl methyl sites for hydroxylation is 2. The third-order valence-corrected chi connectivity index (χ3v) is 4.01. The molecule has 0 spiro atoms. The molecule has 0 unspecified atom stereocenters. The minimum atomic E-state index is -0.321. The number of anilines is 2. The van der Waals surface area contributed by atoms with Gasteiger partial charge in [0.15, 0.2) is 0 Å². The van der Waals surface area contributed by atoms with Gasteiger partial charge in [0.2, 0.25) is 0 Å². The third kappa shape index (κ3) is 3.80. The van der Waals surface area contributed by atoms with E-state index in [9.17, 15) is 9.59 Å². The number of rotatable bonds is 3. The van der Waals surface area contributed by atoms with Gasteiger partial charge in [-0.25, -0.2) is 4.79 Å². The van der Waals surface area contributed by atoms with E-state index < -0.39 is 0 Å². The molecule has 0 saturated carbocycles. The zero-order valence-electron chi connectivity index (χ0n) is 14.9. The molecule has 0 bridgehead atoms. The van der Waals surface area contributed by atoms with E-state index in [1.807, 2.05) is 38.1 Å². The van der Waals surface area contributed by atoms with E-state index in [1.54, 1.807) is 24.3 Å². The smallest absolute Gasteiger partial charge is 0.318 e. The molecule has 6 heteroatoms. The van der Waals surface area contributed by atoms with E-state index in [2.05, 4.69) is 20.9 Å². The summed E-state index contributed by atoms with van der Waals surface area (Å²) in [5.74, 6) is -0.240. The molecule has 0 saturated heterocycles. The minimum Gasteiger partial charge on any atom is -0.341 e. The first kappa shape index (κ1) is 17.4. The Balaban J connectivity index is 1.86. The lowest BCUT2D eigenvalue weighted by molar-refractivity contribution is 0.102. The van der Waals surface area contributed by atoms with Gasteiger partial charge in [0, 0.05) is 23.8 Å². The monoisotopic (exact) mass is 348 g/mol. The van der Waals surface area contributed by atoms with Crippen LogP contribution in [0.2, 0.25) is 0 Å². The Morgan fingerprint density at radius 1 is 0.923 bits per heavy atom. The van der Waals surface area contributed by atoms with E-state index >= 15 is 0 Å². The number of carbonyl (C=O) groups is 2. The summed E-state index contributed by atoms with van der Waals surface area (Å²) < 4.78 is 0. The lowest BCUT2D eigenvalue weighted by Gasteiger charge is -2.11. The molecule has 0 aliphatic heterocycles. The van der Waals surface area contributed by atoms with Crippen LogP contribution in [0.3, 0.4) is 0 Å². The van der Waals surface area contributed by atoms with Gasteiger partial charge in [-0.15, -0.1) is 0 Å². The van der Waals surface area contributed by atoms with Crippen LogP contribution in [-0.4, -0.2) is 24.0 Å². The van der Waals surface area contributed by atoms with Gasteiger partial charge < -0.3 is 16.0 Å². The second kappa shape index (κ2) is 7.23. The Kier molecular flexibility index (Phi) is 4.84. The number of hydrogen-bond donors (Lipinski definition) is 3. The first-order valence-corrected chi connectivity index (χ1v) is 8.24. The van der Waals surface area contributed by atoms with Crippen LogP contribution in [0.15, 0.2) is 48.5 Å². The number of nitrogens with one attached hydrogen (secondary N) is 3. The van der Waals surface area contributed by atoms with E-state index in [1.165, 1.54) is 7.05 Å². The fraction of sp³-hybridized carbons (Fsp3) is 0.150. The van der Waals surface area contributed by atoms with Gasteiger partial charge in [0.1, 0.15) is 0 Å². The van der Waals surface area contributed by atoms with Crippen LogP contribution >= 0.6 is 0 Å². The normalized spacial score (nSPS) is 10.4. The van der Waals surface area contributed by atoms with Crippen LogP contribution in [0.4, 0.5) is 16.2 Å². The van der Waals surface area contributed by atoms with Crippen LogP contribution in [-0.2, 0) is 0 Å². The van der Waals surface area contributed by atoms with Crippen molar-refractivity contribution in [1.82, 2.24) is 10.3 Å². The van der Waals surface area contributed by atoms with Crippen LogP contribution in [0.25, 0.3) is 10.9 Å². The molecule has 3 amide bonds. The number of nitrogens with zero attached hydrogens (tertiary/aromatic N) is 1. The second-order valence-corrected chi connectivity index (χ2v) is 6.06. The largest absolute Gasteiger partial charge is 0.341 e. The summed E-state index contributed by atoms with van der Waals surface area (Å²) >= 11 is 0. The van der Waals surface area contributed by atoms with Gasteiger partial charge >= 0.3 is 6.03 Å². The van der Waals surface area contributed by atoms with Gasteiger partial charge in [-0.1, -0.05) is 17.7 Å². The molecule has 1 heterocycles. The van der Waals surface area contributed by atoms with Crippen molar-refractivity contribution in [3.63, 3.8) is 0 Å². The molecule has 0 aliphatic carbocycles. The van der Waals surface area contributed by atoms with Crippen LogP contribution in [0.5, 0.6) is 0 Å². The van der Waals surface area contributed by atoms with E-state index in [0.29, 0.717) is 22.6 Å². The molecular formula is C20H20N4O2. The Bertz CT molecular complexity index is 998. The van der Waals surface area contributed by atoms with Crippen molar-refractivity contribution in [2.45, 2.75) is 13.8 Å². The number of carbonyl (C=O) groups excluding carboxylic acids is 2.